The van der Waals surface area contributed by atoms with Gasteiger partial charge < -0.3 is 14.8 Å². The normalized spacial score (nSPS) is 18.5. The van der Waals surface area contributed by atoms with Gasteiger partial charge in [-0.25, -0.2) is 0 Å². The number of hydrogen-bond donors (Lipinski definition) is 1. The molecular formula is C16H25Cl2N3O4. The van der Waals surface area contributed by atoms with E-state index < -0.39 is 0 Å². The molecule has 25 heavy (non-hydrogen) atoms. The quantitative estimate of drug-likeness (QED) is 0.591. The van der Waals surface area contributed by atoms with Crippen LogP contribution in [0, 0.1) is 16.0 Å². The summed E-state index contributed by atoms with van der Waals surface area (Å²) in [7, 11) is 3.06. The second kappa shape index (κ2) is 9.43. The minimum Gasteiger partial charge on any atom is -0.493 e. The Morgan fingerprint density at radius 3 is 2.20 bits per heavy atom. The third-order valence-electron chi connectivity index (χ3n) is 4.66. The summed E-state index contributed by atoms with van der Waals surface area (Å²) in [6.07, 6.45) is 2.25. The standard InChI is InChI=1S/C16H23N3O4.2ClH/c1-22-14-9-12(13(19(20)21)10-15(14)23-2)16(11-3-4-11)18-7-5-17-6-8-18;;/h9-11,16-17H,3-8H2,1-2H3;2*1H/t16-;;/m0../s1. The average molecular weight is 394 g/mol. The van der Waals surface area contributed by atoms with Gasteiger partial charge in [-0.2, -0.15) is 0 Å². The third-order valence-corrected chi connectivity index (χ3v) is 4.66. The summed E-state index contributed by atoms with van der Waals surface area (Å²) >= 11 is 0. The van der Waals surface area contributed by atoms with Gasteiger partial charge >= 0.3 is 0 Å². The molecule has 1 atom stereocenters. The lowest BCUT2D eigenvalue weighted by atomic mass is 9.97. The van der Waals surface area contributed by atoms with E-state index in [4.69, 9.17) is 9.47 Å². The van der Waals surface area contributed by atoms with E-state index in [2.05, 4.69) is 10.2 Å². The number of rotatable bonds is 6. The lowest BCUT2D eigenvalue weighted by Crippen LogP contribution is -2.45. The summed E-state index contributed by atoms with van der Waals surface area (Å²) in [4.78, 5) is 13.7. The first-order chi connectivity index (χ1) is 11.2. The molecule has 0 unspecified atom stereocenters. The topological polar surface area (TPSA) is 76.9 Å². The summed E-state index contributed by atoms with van der Waals surface area (Å²) in [5, 5.41) is 14.9. The number of methoxy groups -OCH3 is 2. The van der Waals surface area contributed by atoms with Crippen LogP contribution in [0.4, 0.5) is 5.69 Å². The lowest BCUT2D eigenvalue weighted by molar-refractivity contribution is -0.386. The Bertz CT molecular complexity index is 593. The van der Waals surface area contributed by atoms with Gasteiger partial charge in [-0.15, -0.1) is 24.8 Å². The van der Waals surface area contributed by atoms with Crippen LogP contribution in [0.25, 0.3) is 0 Å². The number of nitrogens with one attached hydrogen (secondary N) is 1. The van der Waals surface area contributed by atoms with Gasteiger partial charge in [0.25, 0.3) is 5.69 Å². The van der Waals surface area contributed by atoms with Crippen LogP contribution in [-0.4, -0.2) is 50.2 Å². The maximum atomic E-state index is 11.6. The van der Waals surface area contributed by atoms with E-state index in [1.54, 1.807) is 13.2 Å². The van der Waals surface area contributed by atoms with Gasteiger partial charge in [0.05, 0.1) is 30.8 Å². The van der Waals surface area contributed by atoms with E-state index in [0.717, 1.165) is 44.6 Å². The van der Waals surface area contributed by atoms with Crippen molar-refractivity contribution in [1.29, 1.82) is 0 Å². The molecule has 1 aliphatic carbocycles. The maximum absolute atomic E-state index is 11.6. The fourth-order valence-corrected chi connectivity index (χ4v) is 3.40. The number of hydrogen-bond acceptors (Lipinski definition) is 6. The predicted molar refractivity (Wildman–Crippen MR) is 101 cm³/mol. The zero-order chi connectivity index (χ0) is 16.4. The molecular weight excluding hydrogens is 369 g/mol. The number of nitrogens with zero attached hydrogens (tertiary/aromatic N) is 2. The molecule has 2 aliphatic rings. The fourth-order valence-electron chi connectivity index (χ4n) is 3.40. The summed E-state index contributed by atoms with van der Waals surface area (Å²) in [5.41, 5.74) is 0.870. The largest absolute Gasteiger partial charge is 0.493 e. The molecule has 9 heteroatoms. The van der Waals surface area contributed by atoms with Gasteiger partial charge in [0, 0.05) is 32.2 Å². The van der Waals surface area contributed by atoms with Crippen molar-refractivity contribution in [3.8, 4) is 11.5 Å². The number of ether oxygens (including phenoxy) is 2. The molecule has 0 amide bonds. The number of nitro benzene ring substituents is 1. The van der Waals surface area contributed by atoms with Crippen LogP contribution in [0.1, 0.15) is 24.4 Å². The van der Waals surface area contributed by atoms with E-state index in [-0.39, 0.29) is 41.5 Å². The molecule has 1 saturated carbocycles. The van der Waals surface area contributed by atoms with Crippen molar-refractivity contribution in [3.63, 3.8) is 0 Å². The average Bonchev–Trinajstić information content (AvgIpc) is 3.40. The number of benzene rings is 1. The van der Waals surface area contributed by atoms with Gasteiger partial charge in [0.15, 0.2) is 11.5 Å². The van der Waals surface area contributed by atoms with E-state index in [1.807, 2.05) is 0 Å². The van der Waals surface area contributed by atoms with E-state index in [0.29, 0.717) is 17.4 Å². The molecule has 0 radical (unpaired) electrons. The smallest absolute Gasteiger partial charge is 0.278 e. The highest BCUT2D eigenvalue weighted by atomic mass is 35.5. The highest BCUT2D eigenvalue weighted by Gasteiger charge is 2.40. The summed E-state index contributed by atoms with van der Waals surface area (Å²) in [5.74, 6) is 1.44. The first kappa shape index (κ1) is 21.8. The molecule has 1 aromatic carbocycles. The van der Waals surface area contributed by atoms with Gasteiger partial charge in [-0.1, -0.05) is 0 Å². The molecule has 0 bridgehead atoms. The fraction of sp³-hybridized carbons (Fsp3) is 0.625. The van der Waals surface area contributed by atoms with Crippen LogP contribution in [0.5, 0.6) is 11.5 Å². The monoisotopic (exact) mass is 393 g/mol. The van der Waals surface area contributed by atoms with Crippen LogP contribution >= 0.6 is 24.8 Å². The van der Waals surface area contributed by atoms with Gasteiger partial charge in [-0.05, 0) is 24.8 Å². The molecule has 1 N–H and O–H groups in total. The van der Waals surface area contributed by atoms with E-state index >= 15 is 0 Å². The van der Waals surface area contributed by atoms with Crippen molar-refractivity contribution in [1.82, 2.24) is 10.2 Å². The summed E-state index contributed by atoms with van der Waals surface area (Å²) < 4.78 is 10.6. The number of nitro groups is 1. The van der Waals surface area contributed by atoms with Gasteiger partial charge in [0.1, 0.15) is 0 Å². The third kappa shape index (κ3) is 4.67. The highest BCUT2D eigenvalue weighted by molar-refractivity contribution is 5.85. The first-order valence-electron chi connectivity index (χ1n) is 8.00. The van der Waals surface area contributed by atoms with Crippen molar-refractivity contribution < 1.29 is 14.4 Å². The molecule has 1 aromatic rings. The van der Waals surface area contributed by atoms with Crippen LogP contribution in [0.3, 0.4) is 0 Å². The van der Waals surface area contributed by atoms with E-state index in [1.165, 1.54) is 13.2 Å². The van der Waals surface area contributed by atoms with Crippen LogP contribution in [0.2, 0.25) is 0 Å². The second-order valence-corrected chi connectivity index (χ2v) is 6.09. The Morgan fingerprint density at radius 2 is 1.72 bits per heavy atom. The SMILES string of the molecule is COc1cc([C@H](C2CC2)N2CCNCC2)c([N+](=O)[O-])cc1OC.Cl.Cl. The Kier molecular flexibility index (Phi) is 8.21. The molecule has 2 fully saturated rings. The molecule has 1 heterocycles. The first-order valence-corrected chi connectivity index (χ1v) is 8.00. The molecule has 0 aromatic heterocycles. The predicted octanol–water partition coefficient (Wildman–Crippen LogP) is 2.81. The Hall–Kier alpha value is -1.28. The van der Waals surface area contributed by atoms with Crippen LogP contribution < -0.4 is 14.8 Å². The Morgan fingerprint density at radius 1 is 1.16 bits per heavy atom. The van der Waals surface area contributed by atoms with Crippen molar-refractivity contribution in [2.24, 2.45) is 5.92 Å². The number of halogens is 2. The maximum Gasteiger partial charge on any atom is 0.278 e. The molecule has 0 spiro atoms. The lowest BCUT2D eigenvalue weighted by Gasteiger charge is -2.35. The Balaban J connectivity index is 0.00000156. The van der Waals surface area contributed by atoms with Crippen molar-refractivity contribution in [2.45, 2.75) is 18.9 Å². The molecule has 142 valence electrons. The molecule has 1 saturated heterocycles. The van der Waals surface area contributed by atoms with Crippen molar-refractivity contribution >= 4 is 30.5 Å². The second-order valence-electron chi connectivity index (χ2n) is 6.09. The van der Waals surface area contributed by atoms with Crippen LogP contribution in [-0.2, 0) is 0 Å². The minimum atomic E-state index is -0.311. The van der Waals surface area contributed by atoms with E-state index in [9.17, 15) is 10.1 Å². The van der Waals surface area contributed by atoms with Gasteiger partial charge in [0.2, 0.25) is 0 Å². The highest BCUT2D eigenvalue weighted by Crippen LogP contribution is 2.49. The van der Waals surface area contributed by atoms with Gasteiger partial charge in [-0.3, -0.25) is 15.0 Å². The molecule has 3 rings (SSSR count). The molecule has 1 aliphatic heterocycles. The zero-order valence-electron chi connectivity index (χ0n) is 14.4. The van der Waals surface area contributed by atoms with Crippen molar-refractivity contribution in [3.05, 3.63) is 27.8 Å². The summed E-state index contributed by atoms with van der Waals surface area (Å²) in [6.45, 7) is 3.66. The zero-order valence-corrected chi connectivity index (χ0v) is 16.0. The Labute approximate surface area is 160 Å². The number of piperazine rings is 1. The summed E-state index contributed by atoms with van der Waals surface area (Å²) in [6, 6.07) is 3.37. The van der Waals surface area contributed by atoms with Crippen LogP contribution in [0.15, 0.2) is 12.1 Å². The molecule has 7 nitrogen and oxygen atoms in total. The van der Waals surface area contributed by atoms with Crippen molar-refractivity contribution in [2.75, 3.05) is 40.4 Å². The minimum absolute atomic E-state index is 0.